The van der Waals surface area contributed by atoms with Crippen LogP contribution in [0.4, 0.5) is 10.1 Å². The Morgan fingerprint density at radius 2 is 2.00 bits per heavy atom. The van der Waals surface area contributed by atoms with Gasteiger partial charge in [-0.2, -0.15) is 0 Å². The standard InChI is InChI=1S/C21H27FN4O3/c1-29-19-17-14(20(27)24-21(28)26(17)12-6-7-12)8-15(22)18(19)25-10-11-4-2-3-5-13(11)16(25)9-23/h8,11-13,16H,2-7,9-10,23H2,1H3,(H,24,27,28). The first-order valence-electron chi connectivity index (χ1n) is 10.6. The Morgan fingerprint density at radius 3 is 2.69 bits per heavy atom. The number of aromatic nitrogens is 2. The zero-order valence-electron chi connectivity index (χ0n) is 16.6. The summed E-state index contributed by atoms with van der Waals surface area (Å²) in [5.74, 6) is 0.699. The molecule has 2 aromatic rings. The van der Waals surface area contributed by atoms with Crippen molar-refractivity contribution in [2.75, 3.05) is 25.1 Å². The number of methoxy groups -OCH3 is 1. The normalized spacial score (nSPS) is 26.7. The van der Waals surface area contributed by atoms with E-state index >= 15 is 4.39 Å². The van der Waals surface area contributed by atoms with Gasteiger partial charge in [0.1, 0.15) is 11.2 Å². The topological polar surface area (TPSA) is 93.3 Å². The van der Waals surface area contributed by atoms with Crippen molar-refractivity contribution in [1.82, 2.24) is 9.55 Å². The summed E-state index contributed by atoms with van der Waals surface area (Å²) in [6, 6.07) is 1.30. The molecule has 3 N–H and O–H groups in total. The second kappa shape index (κ2) is 6.86. The van der Waals surface area contributed by atoms with Gasteiger partial charge in [0, 0.05) is 25.2 Å². The number of halogens is 1. The molecule has 3 fully saturated rings. The number of aromatic amines is 1. The van der Waals surface area contributed by atoms with Gasteiger partial charge in [0.25, 0.3) is 5.56 Å². The first-order valence-corrected chi connectivity index (χ1v) is 10.6. The average molecular weight is 402 g/mol. The summed E-state index contributed by atoms with van der Waals surface area (Å²) < 4.78 is 22.7. The summed E-state index contributed by atoms with van der Waals surface area (Å²) >= 11 is 0. The van der Waals surface area contributed by atoms with Gasteiger partial charge in [-0.05, 0) is 43.6 Å². The van der Waals surface area contributed by atoms with Crippen LogP contribution in [-0.2, 0) is 0 Å². The van der Waals surface area contributed by atoms with Gasteiger partial charge in [-0.1, -0.05) is 12.8 Å². The second-order valence-electron chi connectivity index (χ2n) is 8.66. The van der Waals surface area contributed by atoms with E-state index in [0.717, 1.165) is 32.2 Å². The van der Waals surface area contributed by atoms with Crippen LogP contribution < -0.4 is 26.6 Å². The van der Waals surface area contributed by atoms with Gasteiger partial charge >= 0.3 is 5.69 Å². The number of ether oxygens (including phenoxy) is 1. The highest BCUT2D eigenvalue weighted by molar-refractivity contribution is 5.91. The molecule has 0 bridgehead atoms. The second-order valence-corrected chi connectivity index (χ2v) is 8.66. The molecule has 8 heteroatoms. The Morgan fingerprint density at radius 1 is 1.24 bits per heavy atom. The summed E-state index contributed by atoms with van der Waals surface area (Å²) in [6.07, 6.45) is 6.32. The highest BCUT2D eigenvalue weighted by Gasteiger charge is 2.44. The van der Waals surface area contributed by atoms with Crippen LogP contribution in [0.25, 0.3) is 10.9 Å². The number of nitrogens with zero attached hydrogens (tertiary/aromatic N) is 2. The number of hydrogen-bond acceptors (Lipinski definition) is 5. The molecule has 3 atom stereocenters. The Hall–Kier alpha value is -2.35. The van der Waals surface area contributed by atoms with E-state index < -0.39 is 17.1 Å². The van der Waals surface area contributed by atoms with Crippen molar-refractivity contribution in [1.29, 1.82) is 0 Å². The third-order valence-corrected chi connectivity index (χ3v) is 7.05. The summed E-state index contributed by atoms with van der Waals surface area (Å²) in [5.41, 5.74) is 5.82. The molecule has 29 heavy (non-hydrogen) atoms. The van der Waals surface area contributed by atoms with Gasteiger partial charge in [-0.3, -0.25) is 14.3 Å². The summed E-state index contributed by atoms with van der Waals surface area (Å²) in [4.78, 5) is 29.4. The lowest BCUT2D eigenvalue weighted by atomic mass is 9.78. The molecule has 156 valence electrons. The van der Waals surface area contributed by atoms with E-state index in [0.29, 0.717) is 29.6 Å². The van der Waals surface area contributed by atoms with Gasteiger partial charge in [0.05, 0.1) is 12.5 Å². The minimum Gasteiger partial charge on any atom is -0.492 e. The fraction of sp³-hybridized carbons (Fsp3) is 0.619. The van der Waals surface area contributed by atoms with E-state index in [9.17, 15) is 9.59 Å². The van der Waals surface area contributed by atoms with Crippen molar-refractivity contribution < 1.29 is 9.13 Å². The lowest BCUT2D eigenvalue weighted by Gasteiger charge is -2.32. The summed E-state index contributed by atoms with van der Waals surface area (Å²) in [5, 5.41) is 0.149. The molecule has 1 aromatic carbocycles. The zero-order chi connectivity index (χ0) is 20.3. The fourth-order valence-electron chi connectivity index (χ4n) is 5.63. The molecular weight excluding hydrogens is 375 g/mol. The van der Waals surface area contributed by atoms with Crippen molar-refractivity contribution in [3.63, 3.8) is 0 Å². The number of nitrogens with one attached hydrogen (secondary N) is 1. The first kappa shape index (κ1) is 18.7. The SMILES string of the molecule is COc1c(N2CC3CCCCC3C2CN)c(F)cc2c(=O)[nH]c(=O)n(C3CC3)c12. The Balaban J connectivity index is 1.76. The largest absolute Gasteiger partial charge is 0.492 e. The Kier molecular flexibility index (Phi) is 4.42. The van der Waals surface area contributed by atoms with Gasteiger partial charge in [0.15, 0.2) is 11.6 Å². The maximum absolute atomic E-state index is 15.4. The van der Waals surface area contributed by atoms with Crippen LogP contribution in [0.3, 0.4) is 0 Å². The zero-order valence-corrected chi connectivity index (χ0v) is 16.6. The quantitative estimate of drug-likeness (QED) is 0.817. The van der Waals surface area contributed by atoms with E-state index in [1.54, 1.807) is 4.57 Å². The van der Waals surface area contributed by atoms with Crippen molar-refractivity contribution in [2.45, 2.75) is 50.6 Å². The minimum absolute atomic E-state index is 0.0144. The number of anilines is 1. The number of fused-ring (bicyclic) bond motifs is 2. The lowest BCUT2D eigenvalue weighted by Crippen LogP contribution is -2.40. The molecule has 1 aromatic heterocycles. The van der Waals surface area contributed by atoms with Crippen LogP contribution in [0.1, 0.15) is 44.6 Å². The maximum atomic E-state index is 15.4. The molecule has 3 unspecified atom stereocenters. The summed E-state index contributed by atoms with van der Waals surface area (Å²) in [6.45, 7) is 1.16. The van der Waals surface area contributed by atoms with Gasteiger partial charge in [-0.15, -0.1) is 0 Å². The highest BCUT2D eigenvalue weighted by atomic mass is 19.1. The molecule has 0 spiro atoms. The molecule has 1 saturated heterocycles. The number of nitrogens with two attached hydrogens (primary N) is 1. The maximum Gasteiger partial charge on any atom is 0.329 e. The first-order chi connectivity index (χ1) is 14.0. The van der Waals surface area contributed by atoms with Crippen LogP contribution in [0.2, 0.25) is 0 Å². The summed E-state index contributed by atoms with van der Waals surface area (Å²) in [7, 11) is 1.47. The van der Waals surface area contributed by atoms with E-state index in [-0.39, 0.29) is 23.2 Å². The van der Waals surface area contributed by atoms with Crippen LogP contribution in [0, 0.1) is 17.7 Å². The van der Waals surface area contributed by atoms with Crippen molar-refractivity contribution in [3.8, 4) is 5.75 Å². The molecule has 2 saturated carbocycles. The number of benzene rings is 1. The third kappa shape index (κ3) is 2.79. The number of rotatable bonds is 4. The smallest absolute Gasteiger partial charge is 0.329 e. The molecule has 1 aliphatic heterocycles. The lowest BCUT2D eigenvalue weighted by molar-refractivity contribution is 0.268. The average Bonchev–Trinajstić information content (AvgIpc) is 3.47. The molecular formula is C21H27FN4O3. The highest BCUT2D eigenvalue weighted by Crippen LogP contribution is 2.48. The van der Waals surface area contributed by atoms with Gasteiger partial charge < -0.3 is 15.4 Å². The molecule has 5 rings (SSSR count). The number of hydrogen-bond donors (Lipinski definition) is 2. The Labute approximate surface area is 167 Å². The molecule has 3 aliphatic rings. The third-order valence-electron chi connectivity index (χ3n) is 7.05. The van der Waals surface area contributed by atoms with Gasteiger partial charge in [0.2, 0.25) is 0 Å². The minimum atomic E-state index is -0.587. The Bertz CT molecular complexity index is 1070. The van der Waals surface area contributed by atoms with Crippen LogP contribution in [0.5, 0.6) is 5.75 Å². The molecule has 0 radical (unpaired) electrons. The van der Waals surface area contributed by atoms with E-state index in [4.69, 9.17) is 10.5 Å². The van der Waals surface area contributed by atoms with E-state index in [2.05, 4.69) is 4.98 Å². The molecule has 2 aliphatic carbocycles. The predicted molar refractivity (Wildman–Crippen MR) is 109 cm³/mol. The van der Waals surface area contributed by atoms with Crippen molar-refractivity contribution in [3.05, 3.63) is 32.7 Å². The van der Waals surface area contributed by atoms with E-state index in [1.807, 2.05) is 4.90 Å². The predicted octanol–water partition coefficient (Wildman–Crippen LogP) is 2.13. The van der Waals surface area contributed by atoms with E-state index in [1.165, 1.54) is 26.0 Å². The van der Waals surface area contributed by atoms with Crippen molar-refractivity contribution in [2.24, 2.45) is 17.6 Å². The molecule has 0 amide bonds. The van der Waals surface area contributed by atoms with Crippen LogP contribution in [0.15, 0.2) is 15.7 Å². The fourth-order valence-corrected chi connectivity index (χ4v) is 5.63. The van der Waals surface area contributed by atoms with Crippen LogP contribution >= 0.6 is 0 Å². The molecule has 2 heterocycles. The number of H-pyrrole nitrogens is 1. The van der Waals surface area contributed by atoms with Gasteiger partial charge in [-0.25, -0.2) is 9.18 Å². The van der Waals surface area contributed by atoms with Crippen molar-refractivity contribution >= 4 is 16.6 Å². The van der Waals surface area contributed by atoms with Crippen LogP contribution in [-0.4, -0.2) is 35.8 Å². The molecule has 7 nitrogen and oxygen atoms in total. The monoisotopic (exact) mass is 402 g/mol.